The second-order valence-corrected chi connectivity index (χ2v) is 2.75. The Bertz CT molecular complexity index is 267. The molecule has 0 aromatic carbocycles. The van der Waals surface area contributed by atoms with Gasteiger partial charge in [-0.1, -0.05) is 18.6 Å². The monoisotopic (exact) mass is 167 g/mol. The minimum Gasteiger partial charge on any atom is -0.296 e. The summed E-state index contributed by atoms with van der Waals surface area (Å²) in [4.78, 5) is 10.4. The molecule has 1 heterocycles. The van der Waals surface area contributed by atoms with Crippen LogP contribution in [0.4, 0.5) is 0 Å². The smallest absolute Gasteiger partial charge is 0.172 e. The quantitative estimate of drug-likeness (QED) is 0.633. The van der Waals surface area contributed by atoms with Crippen molar-refractivity contribution in [1.29, 1.82) is 0 Å². The first-order valence-corrected chi connectivity index (χ1v) is 4.14. The van der Waals surface area contributed by atoms with Crippen molar-refractivity contribution in [3.8, 4) is 0 Å². The summed E-state index contributed by atoms with van der Waals surface area (Å²) in [6, 6.07) is 0. The molecule has 0 saturated heterocycles. The van der Waals surface area contributed by atoms with E-state index in [1.807, 2.05) is 6.92 Å². The Morgan fingerprint density at radius 1 is 1.58 bits per heavy atom. The van der Waals surface area contributed by atoms with Crippen LogP contribution in [-0.4, -0.2) is 21.3 Å². The predicted molar refractivity (Wildman–Crippen MR) is 45.1 cm³/mol. The Kier molecular flexibility index (Phi) is 2.96. The molecule has 1 rings (SSSR count). The number of hydrogen-bond donors (Lipinski definition) is 0. The van der Waals surface area contributed by atoms with E-state index < -0.39 is 0 Å². The summed E-state index contributed by atoms with van der Waals surface area (Å²) in [5.41, 5.74) is 1.31. The number of hydrogen-bond acceptors (Lipinski definition) is 3. The van der Waals surface area contributed by atoms with Crippen LogP contribution < -0.4 is 0 Å². The second-order valence-electron chi connectivity index (χ2n) is 2.75. The van der Waals surface area contributed by atoms with Gasteiger partial charge in [0.2, 0.25) is 0 Å². The maximum absolute atomic E-state index is 10.4. The zero-order valence-corrected chi connectivity index (χ0v) is 7.45. The van der Waals surface area contributed by atoms with E-state index in [0.717, 1.165) is 31.4 Å². The number of carbonyl (C=O) groups excluding carboxylic acids is 1. The van der Waals surface area contributed by atoms with Crippen LogP contribution in [0.2, 0.25) is 0 Å². The highest BCUT2D eigenvalue weighted by molar-refractivity contribution is 5.72. The van der Waals surface area contributed by atoms with Gasteiger partial charge in [0.05, 0.1) is 5.69 Å². The van der Waals surface area contributed by atoms with Crippen LogP contribution in [0.15, 0.2) is 0 Å². The van der Waals surface area contributed by atoms with E-state index >= 15 is 0 Å². The van der Waals surface area contributed by atoms with Crippen LogP contribution >= 0.6 is 0 Å². The van der Waals surface area contributed by atoms with Gasteiger partial charge in [-0.2, -0.15) is 0 Å². The average molecular weight is 167 g/mol. The average Bonchev–Trinajstić information content (AvgIpc) is 2.43. The van der Waals surface area contributed by atoms with Crippen molar-refractivity contribution in [2.24, 2.45) is 0 Å². The summed E-state index contributed by atoms with van der Waals surface area (Å²) in [6.45, 7) is 4.83. The van der Waals surface area contributed by atoms with Gasteiger partial charge < -0.3 is 0 Å². The Balaban J connectivity index is 2.72. The van der Waals surface area contributed by atoms with Crippen LogP contribution in [-0.2, 0) is 6.54 Å². The third-order valence-corrected chi connectivity index (χ3v) is 1.85. The molecule has 1 aromatic heterocycles. The van der Waals surface area contributed by atoms with Crippen molar-refractivity contribution in [3.63, 3.8) is 0 Å². The van der Waals surface area contributed by atoms with E-state index in [-0.39, 0.29) is 0 Å². The van der Waals surface area contributed by atoms with Crippen LogP contribution in [0.3, 0.4) is 0 Å². The van der Waals surface area contributed by atoms with Gasteiger partial charge in [0.15, 0.2) is 6.29 Å². The lowest BCUT2D eigenvalue weighted by atomic mass is 10.3. The fourth-order valence-corrected chi connectivity index (χ4v) is 1.00. The summed E-state index contributed by atoms with van der Waals surface area (Å²) >= 11 is 0. The molecule has 4 nitrogen and oxygen atoms in total. The summed E-state index contributed by atoms with van der Waals surface area (Å²) in [7, 11) is 0. The molecule has 0 amide bonds. The van der Waals surface area contributed by atoms with Crippen LogP contribution in [0, 0.1) is 6.92 Å². The minimum absolute atomic E-state index is 0.450. The van der Waals surface area contributed by atoms with E-state index in [4.69, 9.17) is 0 Å². The zero-order chi connectivity index (χ0) is 8.97. The van der Waals surface area contributed by atoms with E-state index in [9.17, 15) is 4.79 Å². The maximum Gasteiger partial charge on any atom is 0.172 e. The lowest BCUT2D eigenvalue weighted by Crippen LogP contribution is -2.02. The third kappa shape index (κ3) is 1.69. The Hall–Kier alpha value is -1.19. The molecule has 4 heteroatoms. The summed E-state index contributed by atoms with van der Waals surface area (Å²) in [6.07, 6.45) is 2.93. The molecule has 0 aliphatic heterocycles. The fraction of sp³-hybridized carbons (Fsp3) is 0.625. The number of rotatable bonds is 4. The van der Waals surface area contributed by atoms with Crippen LogP contribution in [0.1, 0.15) is 35.9 Å². The van der Waals surface area contributed by atoms with Crippen molar-refractivity contribution in [3.05, 3.63) is 11.4 Å². The van der Waals surface area contributed by atoms with Gasteiger partial charge in [0.1, 0.15) is 5.69 Å². The highest BCUT2D eigenvalue weighted by atomic mass is 16.1. The van der Waals surface area contributed by atoms with Gasteiger partial charge in [0, 0.05) is 6.54 Å². The van der Waals surface area contributed by atoms with Gasteiger partial charge >= 0.3 is 0 Å². The molecule has 0 radical (unpaired) electrons. The normalized spacial score (nSPS) is 10.2. The number of unbranched alkanes of at least 4 members (excludes halogenated alkanes) is 1. The van der Waals surface area contributed by atoms with Crippen molar-refractivity contribution in [2.75, 3.05) is 0 Å². The van der Waals surface area contributed by atoms with Crippen molar-refractivity contribution < 1.29 is 4.79 Å². The SMILES string of the molecule is CCCCn1nnc(C=O)c1C. The second kappa shape index (κ2) is 3.99. The molecule has 0 saturated carbocycles. The molecule has 0 aliphatic rings. The van der Waals surface area contributed by atoms with Gasteiger partial charge in [-0.05, 0) is 13.3 Å². The number of nitrogens with zero attached hydrogens (tertiary/aromatic N) is 3. The van der Waals surface area contributed by atoms with E-state index in [1.54, 1.807) is 4.68 Å². The lowest BCUT2D eigenvalue weighted by molar-refractivity contribution is 0.111. The molecule has 0 N–H and O–H groups in total. The fourth-order valence-electron chi connectivity index (χ4n) is 1.00. The molecule has 66 valence electrons. The van der Waals surface area contributed by atoms with Gasteiger partial charge in [-0.25, -0.2) is 4.68 Å². The van der Waals surface area contributed by atoms with Crippen LogP contribution in [0.25, 0.3) is 0 Å². The van der Waals surface area contributed by atoms with Crippen molar-refractivity contribution >= 4 is 6.29 Å². The lowest BCUT2D eigenvalue weighted by Gasteiger charge is -1.99. The summed E-state index contributed by atoms with van der Waals surface area (Å²) < 4.78 is 1.77. The molecule has 12 heavy (non-hydrogen) atoms. The third-order valence-electron chi connectivity index (χ3n) is 1.85. The largest absolute Gasteiger partial charge is 0.296 e. The van der Waals surface area contributed by atoms with E-state index in [1.165, 1.54) is 0 Å². The Morgan fingerprint density at radius 2 is 2.33 bits per heavy atom. The van der Waals surface area contributed by atoms with Crippen molar-refractivity contribution in [2.45, 2.75) is 33.2 Å². The molecule has 0 aliphatic carbocycles. The molecular weight excluding hydrogens is 154 g/mol. The highest BCUT2D eigenvalue weighted by Gasteiger charge is 2.05. The standard InChI is InChI=1S/C8H13N3O/c1-3-4-5-11-7(2)8(6-12)9-10-11/h6H,3-5H2,1-2H3. The maximum atomic E-state index is 10.4. The summed E-state index contributed by atoms with van der Waals surface area (Å²) in [5, 5.41) is 7.59. The van der Waals surface area contributed by atoms with Crippen LogP contribution in [0.5, 0.6) is 0 Å². The first kappa shape index (κ1) is 8.90. The van der Waals surface area contributed by atoms with Gasteiger partial charge in [0.25, 0.3) is 0 Å². The van der Waals surface area contributed by atoms with Gasteiger partial charge in [-0.15, -0.1) is 5.10 Å². The first-order valence-electron chi connectivity index (χ1n) is 4.14. The van der Waals surface area contributed by atoms with E-state index in [2.05, 4.69) is 17.2 Å². The minimum atomic E-state index is 0.450. The molecule has 0 fully saturated rings. The molecular formula is C8H13N3O. The van der Waals surface area contributed by atoms with Gasteiger partial charge in [-0.3, -0.25) is 4.79 Å². The highest BCUT2D eigenvalue weighted by Crippen LogP contribution is 2.02. The molecule has 1 aromatic rings. The Morgan fingerprint density at radius 3 is 2.83 bits per heavy atom. The summed E-state index contributed by atoms with van der Waals surface area (Å²) in [5.74, 6) is 0. The zero-order valence-electron chi connectivity index (χ0n) is 7.45. The van der Waals surface area contributed by atoms with Crippen molar-refractivity contribution in [1.82, 2.24) is 15.0 Å². The molecule has 0 spiro atoms. The molecule has 0 unspecified atom stereocenters. The molecule has 0 bridgehead atoms. The first-order chi connectivity index (χ1) is 5.79. The van der Waals surface area contributed by atoms with E-state index in [0.29, 0.717) is 5.69 Å². The number of aryl methyl sites for hydroxylation is 1. The number of carbonyl (C=O) groups is 1. The Labute approximate surface area is 71.6 Å². The topological polar surface area (TPSA) is 47.8 Å². The predicted octanol–water partition coefficient (Wildman–Crippen LogP) is 1.20. The molecule has 0 atom stereocenters. The number of aldehydes is 1. The number of aromatic nitrogens is 3.